The summed E-state index contributed by atoms with van der Waals surface area (Å²) in [5.74, 6) is 0.569. The number of hydrogen-bond donors (Lipinski definition) is 1. The van der Waals surface area contributed by atoms with Crippen LogP contribution < -0.4 is 4.74 Å². The average Bonchev–Trinajstić information content (AvgIpc) is 2.88. The van der Waals surface area contributed by atoms with Crippen LogP contribution in [0.4, 0.5) is 4.79 Å². The fourth-order valence-electron chi connectivity index (χ4n) is 3.78. The van der Waals surface area contributed by atoms with Gasteiger partial charge < -0.3 is 19.5 Å². The van der Waals surface area contributed by atoms with Crippen molar-refractivity contribution >= 4 is 29.3 Å². The molecule has 2 fully saturated rings. The molecule has 1 N–H and O–H groups in total. The second kappa shape index (κ2) is 5.43. The van der Waals surface area contributed by atoms with Gasteiger partial charge in [-0.3, -0.25) is 0 Å². The van der Waals surface area contributed by atoms with Crippen molar-refractivity contribution in [1.29, 1.82) is 0 Å². The fourth-order valence-corrected chi connectivity index (χ4v) is 4.23. The first-order valence-electron chi connectivity index (χ1n) is 7.48. The minimum atomic E-state index is -0.941. The Balaban J connectivity index is 2.14. The molecule has 2 atom stereocenters. The first-order valence-corrected chi connectivity index (χ1v) is 8.23. The second-order valence-corrected chi connectivity index (χ2v) is 7.24. The Hall–Kier alpha value is -1.17. The molecule has 1 amide bonds. The molecule has 0 aliphatic carbocycles. The van der Waals surface area contributed by atoms with Crippen LogP contribution in [0.3, 0.4) is 0 Å². The predicted octanol–water partition coefficient (Wildman–Crippen LogP) is 4.15. The third-order valence-corrected chi connectivity index (χ3v) is 5.68. The predicted molar refractivity (Wildman–Crippen MR) is 87.6 cm³/mol. The SMILES string of the molecule is COc1cc(Cl)c(Cl)c(C2(C3CCCN3C(=O)O)OC2(C)C)c1. The van der Waals surface area contributed by atoms with Crippen LogP contribution in [-0.2, 0) is 10.3 Å². The lowest BCUT2D eigenvalue weighted by Crippen LogP contribution is -2.45. The van der Waals surface area contributed by atoms with Gasteiger partial charge in [-0.15, -0.1) is 0 Å². The van der Waals surface area contributed by atoms with Gasteiger partial charge in [0, 0.05) is 18.2 Å². The summed E-state index contributed by atoms with van der Waals surface area (Å²) in [5.41, 5.74) is -0.654. The lowest BCUT2D eigenvalue weighted by molar-refractivity contribution is 0.109. The van der Waals surface area contributed by atoms with E-state index < -0.39 is 17.3 Å². The number of amides is 1. The highest BCUT2D eigenvalue weighted by Crippen LogP contribution is 2.62. The van der Waals surface area contributed by atoms with E-state index in [0.29, 0.717) is 27.9 Å². The number of methoxy groups -OCH3 is 1. The smallest absolute Gasteiger partial charge is 0.407 e. The highest BCUT2D eigenvalue weighted by Gasteiger charge is 2.71. The summed E-state index contributed by atoms with van der Waals surface area (Å²) in [6.07, 6.45) is 0.581. The first-order chi connectivity index (χ1) is 10.7. The van der Waals surface area contributed by atoms with Crippen LogP contribution in [0.15, 0.2) is 12.1 Å². The largest absolute Gasteiger partial charge is 0.497 e. The zero-order chi connectivity index (χ0) is 17.0. The van der Waals surface area contributed by atoms with Crippen LogP contribution >= 0.6 is 23.2 Å². The number of epoxide rings is 1. The van der Waals surface area contributed by atoms with E-state index in [1.165, 1.54) is 4.90 Å². The van der Waals surface area contributed by atoms with E-state index in [1.807, 2.05) is 13.8 Å². The van der Waals surface area contributed by atoms with Gasteiger partial charge in [-0.25, -0.2) is 4.79 Å². The number of hydrogen-bond acceptors (Lipinski definition) is 3. The Bertz CT molecular complexity index is 664. The Kier molecular flexibility index (Phi) is 3.94. The number of carbonyl (C=O) groups is 1. The lowest BCUT2D eigenvalue weighted by Gasteiger charge is -2.30. The van der Waals surface area contributed by atoms with Crippen LogP contribution in [-0.4, -0.2) is 41.4 Å². The molecular weight excluding hydrogens is 341 g/mol. The molecule has 126 valence electrons. The van der Waals surface area contributed by atoms with Crippen molar-refractivity contribution in [2.24, 2.45) is 0 Å². The molecule has 2 unspecified atom stereocenters. The molecule has 0 bridgehead atoms. The van der Waals surface area contributed by atoms with Gasteiger partial charge in [0.2, 0.25) is 0 Å². The van der Waals surface area contributed by atoms with Crippen LogP contribution in [0.2, 0.25) is 10.0 Å². The van der Waals surface area contributed by atoms with Crippen molar-refractivity contribution in [3.8, 4) is 5.75 Å². The van der Waals surface area contributed by atoms with Gasteiger partial charge >= 0.3 is 6.09 Å². The number of benzene rings is 1. The Morgan fingerprint density at radius 3 is 2.61 bits per heavy atom. The molecule has 2 saturated heterocycles. The molecular formula is C16H19Cl2NO4. The van der Waals surface area contributed by atoms with Gasteiger partial charge in [-0.2, -0.15) is 0 Å². The summed E-state index contributed by atoms with van der Waals surface area (Å²) in [6.45, 7) is 4.38. The van der Waals surface area contributed by atoms with Crippen molar-refractivity contribution in [3.05, 3.63) is 27.7 Å². The number of rotatable bonds is 3. The van der Waals surface area contributed by atoms with Gasteiger partial charge in [-0.05, 0) is 32.8 Å². The van der Waals surface area contributed by atoms with Crippen LogP contribution in [0.5, 0.6) is 5.75 Å². The van der Waals surface area contributed by atoms with Gasteiger partial charge in [0.05, 0.1) is 28.8 Å². The van der Waals surface area contributed by atoms with Gasteiger partial charge in [0.1, 0.15) is 11.4 Å². The molecule has 2 heterocycles. The van der Waals surface area contributed by atoms with Gasteiger partial charge in [0.15, 0.2) is 0 Å². The third kappa shape index (κ3) is 2.37. The zero-order valence-electron chi connectivity index (χ0n) is 13.2. The zero-order valence-corrected chi connectivity index (χ0v) is 14.7. The van der Waals surface area contributed by atoms with Crippen molar-refractivity contribution in [1.82, 2.24) is 4.90 Å². The summed E-state index contributed by atoms with van der Waals surface area (Å²) in [5, 5.41) is 10.3. The van der Waals surface area contributed by atoms with E-state index in [9.17, 15) is 9.90 Å². The average molecular weight is 360 g/mol. The van der Waals surface area contributed by atoms with E-state index in [2.05, 4.69) is 0 Å². The van der Waals surface area contributed by atoms with Crippen molar-refractivity contribution < 1.29 is 19.4 Å². The van der Waals surface area contributed by atoms with Crippen molar-refractivity contribution in [2.45, 2.75) is 43.9 Å². The maximum Gasteiger partial charge on any atom is 0.407 e. The van der Waals surface area contributed by atoms with Crippen molar-refractivity contribution in [2.75, 3.05) is 13.7 Å². The topological polar surface area (TPSA) is 62.3 Å². The molecule has 23 heavy (non-hydrogen) atoms. The Morgan fingerprint density at radius 2 is 2.09 bits per heavy atom. The van der Waals surface area contributed by atoms with Crippen molar-refractivity contribution in [3.63, 3.8) is 0 Å². The molecule has 7 heteroatoms. The molecule has 1 aromatic rings. The van der Waals surface area contributed by atoms with E-state index in [1.54, 1.807) is 19.2 Å². The number of likely N-dealkylation sites (tertiary alicyclic amines) is 1. The molecule has 3 rings (SSSR count). The van der Waals surface area contributed by atoms with Crippen LogP contribution in [0.1, 0.15) is 32.3 Å². The first kappa shape index (κ1) is 16.7. The summed E-state index contributed by atoms with van der Waals surface area (Å²) >= 11 is 12.7. The molecule has 0 aromatic heterocycles. The van der Waals surface area contributed by atoms with Crippen LogP contribution in [0.25, 0.3) is 0 Å². The van der Waals surface area contributed by atoms with E-state index in [0.717, 1.165) is 12.8 Å². The monoisotopic (exact) mass is 359 g/mol. The summed E-state index contributed by atoms with van der Waals surface area (Å²) in [6, 6.07) is 3.14. The number of ether oxygens (including phenoxy) is 2. The maximum absolute atomic E-state index is 11.6. The second-order valence-electron chi connectivity index (χ2n) is 6.45. The quantitative estimate of drug-likeness (QED) is 0.823. The molecule has 0 saturated carbocycles. The standard InChI is InChI=1S/C16H19Cl2NO4/c1-15(2)16(23-15,12-5-4-6-19(12)14(20)21)10-7-9(22-3)8-11(17)13(10)18/h7-8,12H,4-6H2,1-3H3,(H,20,21). The summed E-state index contributed by atoms with van der Waals surface area (Å²) in [7, 11) is 1.55. The van der Waals surface area contributed by atoms with E-state index in [-0.39, 0.29) is 6.04 Å². The molecule has 2 aliphatic rings. The maximum atomic E-state index is 11.6. The normalized spacial score (nSPS) is 28.7. The minimum Gasteiger partial charge on any atom is -0.497 e. The number of carboxylic acid groups (broad SMARTS) is 1. The number of nitrogens with zero attached hydrogens (tertiary/aromatic N) is 1. The highest BCUT2D eigenvalue weighted by molar-refractivity contribution is 6.42. The van der Waals surface area contributed by atoms with E-state index >= 15 is 0 Å². The molecule has 2 aliphatic heterocycles. The Morgan fingerprint density at radius 1 is 1.43 bits per heavy atom. The number of halogens is 2. The fraction of sp³-hybridized carbons (Fsp3) is 0.562. The van der Waals surface area contributed by atoms with Gasteiger partial charge in [0.25, 0.3) is 0 Å². The van der Waals surface area contributed by atoms with Gasteiger partial charge in [-0.1, -0.05) is 23.2 Å². The molecule has 0 radical (unpaired) electrons. The van der Waals surface area contributed by atoms with Crippen LogP contribution in [0, 0.1) is 0 Å². The molecule has 1 aromatic carbocycles. The van der Waals surface area contributed by atoms with E-state index in [4.69, 9.17) is 32.7 Å². The summed E-state index contributed by atoms with van der Waals surface area (Å²) < 4.78 is 11.4. The molecule has 0 spiro atoms. The lowest BCUT2D eigenvalue weighted by atomic mass is 9.81. The third-order valence-electron chi connectivity index (χ3n) is 4.87. The Labute approximate surface area is 145 Å². The summed E-state index contributed by atoms with van der Waals surface area (Å²) in [4.78, 5) is 13.0. The highest BCUT2D eigenvalue weighted by atomic mass is 35.5. The molecule has 5 nitrogen and oxygen atoms in total. The minimum absolute atomic E-state index is 0.296.